The van der Waals surface area contributed by atoms with Crippen LogP contribution in [-0.2, 0) is 7.05 Å². The van der Waals surface area contributed by atoms with Gasteiger partial charge < -0.3 is 23.4 Å². The normalized spacial score (nSPS) is 11.1. The van der Waals surface area contributed by atoms with Crippen LogP contribution in [0.4, 0.5) is 0 Å². The maximum Gasteiger partial charge on any atom is 0.205 e. The molecule has 33 heavy (non-hydrogen) atoms. The number of fused-ring (bicyclic) bond motifs is 1. The topological polar surface area (TPSA) is 85.0 Å². The van der Waals surface area contributed by atoms with Gasteiger partial charge in [0, 0.05) is 30.3 Å². The third-order valence-corrected chi connectivity index (χ3v) is 5.16. The molecule has 0 spiro atoms. The first kappa shape index (κ1) is 22.3. The van der Waals surface area contributed by atoms with Gasteiger partial charge in [-0.05, 0) is 38.1 Å². The predicted molar refractivity (Wildman–Crippen MR) is 124 cm³/mol. The van der Waals surface area contributed by atoms with Crippen molar-refractivity contribution in [3.63, 3.8) is 0 Å². The van der Waals surface area contributed by atoms with Crippen LogP contribution in [0.1, 0.15) is 29.8 Å². The fourth-order valence-corrected chi connectivity index (χ4v) is 3.68. The molecule has 2 heterocycles. The molecule has 0 saturated carbocycles. The lowest BCUT2D eigenvalue weighted by molar-refractivity contribution is 0.103. The molecule has 0 atom stereocenters. The Hall–Kier alpha value is -3.94. The number of aromatic nitrogens is 2. The van der Waals surface area contributed by atoms with Crippen molar-refractivity contribution < 1.29 is 28.2 Å². The van der Waals surface area contributed by atoms with E-state index in [0.29, 0.717) is 56.4 Å². The largest absolute Gasteiger partial charge is 0.497 e. The lowest BCUT2D eigenvalue weighted by Gasteiger charge is -2.13. The van der Waals surface area contributed by atoms with Crippen molar-refractivity contribution in [3.05, 3.63) is 53.9 Å². The Balaban J connectivity index is 2.01. The number of hydrogen-bond donors (Lipinski definition) is 0. The zero-order valence-electron chi connectivity index (χ0n) is 19.5. The lowest BCUT2D eigenvalue weighted by Crippen LogP contribution is -2.07. The third-order valence-electron chi connectivity index (χ3n) is 5.16. The summed E-state index contributed by atoms with van der Waals surface area (Å²) in [6.07, 6.45) is 3.32. The molecule has 0 saturated heterocycles. The number of aryl methyl sites for hydroxylation is 1. The van der Waals surface area contributed by atoms with Gasteiger partial charge in [0.25, 0.3) is 0 Å². The highest BCUT2D eigenvalue weighted by molar-refractivity contribution is 6.20. The van der Waals surface area contributed by atoms with E-state index in [4.69, 9.17) is 23.4 Å². The molecule has 0 aliphatic carbocycles. The quantitative estimate of drug-likeness (QED) is 0.354. The average Bonchev–Trinajstić information content (AvgIpc) is 3.41. The number of methoxy groups -OCH3 is 3. The lowest BCUT2D eigenvalue weighted by atomic mass is 9.97. The van der Waals surface area contributed by atoms with Crippen LogP contribution < -0.4 is 18.9 Å². The first-order valence-corrected chi connectivity index (χ1v) is 10.4. The SMILES string of the molecule is COc1cc(OC)cc(C(=O)c2c(-c3cnn(C)c3)oc3c(OC(C)C)c(OC)ccc23)c1. The van der Waals surface area contributed by atoms with E-state index in [1.165, 1.54) is 0 Å². The molecule has 0 fully saturated rings. The van der Waals surface area contributed by atoms with E-state index in [1.54, 1.807) is 75.8 Å². The molecule has 0 aliphatic heterocycles. The zero-order valence-corrected chi connectivity index (χ0v) is 19.5. The summed E-state index contributed by atoms with van der Waals surface area (Å²) >= 11 is 0. The van der Waals surface area contributed by atoms with Crippen LogP contribution in [0.3, 0.4) is 0 Å². The van der Waals surface area contributed by atoms with Crippen LogP contribution in [0.5, 0.6) is 23.0 Å². The molecule has 2 aromatic heterocycles. The molecule has 8 nitrogen and oxygen atoms in total. The molecule has 8 heteroatoms. The van der Waals surface area contributed by atoms with Gasteiger partial charge in [0.05, 0.1) is 44.8 Å². The van der Waals surface area contributed by atoms with E-state index >= 15 is 0 Å². The molecule has 4 rings (SSSR count). The molecular formula is C25H26N2O6. The number of ether oxygens (including phenoxy) is 4. The molecular weight excluding hydrogens is 424 g/mol. The first-order chi connectivity index (χ1) is 15.9. The second kappa shape index (κ2) is 8.90. The van der Waals surface area contributed by atoms with Gasteiger partial charge in [0.1, 0.15) is 17.3 Å². The highest BCUT2D eigenvalue weighted by Crippen LogP contribution is 2.44. The van der Waals surface area contributed by atoms with E-state index < -0.39 is 0 Å². The van der Waals surface area contributed by atoms with Crippen molar-refractivity contribution in [1.82, 2.24) is 9.78 Å². The summed E-state index contributed by atoms with van der Waals surface area (Å²) in [5, 5.41) is 4.85. The summed E-state index contributed by atoms with van der Waals surface area (Å²) in [6, 6.07) is 8.63. The maximum absolute atomic E-state index is 13.9. The number of benzene rings is 2. The standard InChI is InChI=1S/C25H26N2O6/c1-14(2)32-25-20(31-6)8-7-19-21(23(33-24(19)25)16-12-26-27(3)13-16)22(28)15-9-17(29-4)11-18(10-15)30-5/h7-14H,1-6H3. The highest BCUT2D eigenvalue weighted by atomic mass is 16.5. The van der Waals surface area contributed by atoms with Crippen LogP contribution in [-0.4, -0.2) is 43.0 Å². The van der Waals surface area contributed by atoms with Gasteiger partial charge in [-0.15, -0.1) is 0 Å². The fraction of sp³-hybridized carbons (Fsp3) is 0.280. The Morgan fingerprint density at radius 1 is 1.03 bits per heavy atom. The van der Waals surface area contributed by atoms with Crippen LogP contribution in [0.2, 0.25) is 0 Å². The van der Waals surface area contributed by atoms with Gasteiger partial charge in [0.2, 0.25) is 5.75 Å². The minimum absolute atomic E-state index is 0.127. The number of carbonyl (C=O) groups is 1. The monoisotopic (exact) mass is 450 g/mol. The van der Waals surface area contributed by atoms with Gasteiger partial charge in [-0.25, -0.2) is 0 Å². The molecule has 2 aromatic carbocycles. The van der Waals surface area contributed by atoms with Crippen LogP contribution >= 0.6 is 0 Å². The van der Waals surface area contributed by atoms with Crippen molar-refractivity contribution in [2.75, 3.05) is 21.3 Å². The number of rotatable bonds is 8. The third kappa shape index (κ3) is 4.11. The Labute approximate surface area is 191 Å². The van der Waals surface area contributed by atoms with Crippen LogP contribution in [0.15, 0.2) is 47.1 Å². The van der Waals surface area contributed by atoms with Gasteiger partial charge in [-0.1, -0.05) is 0 Å². The van der Waals surface area contributed by atoms with Crippen molar-refractivity contribution in [3.8, 4) is 34.3 Å². The van der Waals surface area contributed by atoms with Crippen molar-refractivity contribution in [2.24, 2.45) is 7.05 Å². The van der Waals surface area contributed by atoms with Gasteiger partial charge in [-0.2, -0.15) is 5.10 Å². The number of ketones is 1. The van der Waals surface area contributed by atoms with E-state index in [9.17, 15) is 4.79 Å². The molecule has 0 amide bonds. The van der Waals surface area contributed by atoms with E-state index in [1.807, 2.05) is 13.8 Å². The highest BCUT2D eigenvalue weighted by Gasteiger charge is 2.28. The van der Waals surface area contributed by atoms with Crippen LogP contribution in [0, 0.1) is 0 Å². The van der Waals surface area contributed by atoms with E-state index in [2.05, 4.69) is 5.10 Å². The minimum Gasteiger partial charge on any atom is -0.497 e. The van der Waals surface area contributed by atoms with Gasteiger partial charge in [-0.3, -0.25) is 9.48 Å². The first-order valence-electron chi connectivity index (χ1n) is 10.4. The summed E-state index contributed by atoms with van der Waals surface area (Å²) in [5.41, 5.74) is 1.90. The Kier molecular flexibility index (Phi) is 6.00. The van der Waals surface area contributed by atoms with Gasteiger partial charge >= 0.3 is 0 Å². The maximum atomic E-state index is 13.9. The van der Waals surface area contributed by atoms with Crippen LogP contribution in [0.25, 0.3) is 22.3 Å². The Morgan fingerprint density at radius 2 is 1.73 bits per heavy atom. The fourth-order valence-electron chi connectivity index (χ4n) is 3.68. The molecule has 0 bridgehead atoms. The zero-order chi connectivity index (χ0) is 23.7. The summed E-state index contributed by atoms with van der Waals surface area (Å²) < 4.78 is 30.2. The van der Waals surface area contributed by atoms with Crippen molar-refractivity contribution >= 4 is 16.8 Å². The molecule has 0 N–H and O–H groups in total. The second-order valence-electron chi connectivity index (χ2n) is 7.78. The summed E-state index contributed by atoms with van der Waals surface area (Å²) in [7, 11) is 6.45. The van der Waals surface area contributed by atoms with Gasteiger partial charge in [0.15, 0.2) is 17.1 Å². The molecule has 0 aliphatic rings. The smallest absolute Gasteiger partial charge is 0.205 e. The molecule has 0 radical (unpaired) electrons. The second-order valence-corrected chi connectivity index (χ2v) is 7.78. The Morgan fingerprint density at radius 3 is 2.27 bits per heavy atom. The van der Waals surface area contributed by atoms with E-state index in [-0.39, 0.29) is 11.9 Å². The molecule has 172 valence electrons. The number of furan rings is 1. The molecule has 4 aromatic rings. The number of nitrogens with zero attached hydrogens (tertiary/aromatic N) is 2. The minimum atomic E-state index is -0.245. The van der Waals surface area contributed by atoms with Crippen molar-refractivity contribution in [2.45, 2.75) is 20.0 Å². The summed E-state index contributed by atoms with van der Waals surface area (Å²) in [5.74, 6) is 2.14. The number of carbonyl (C=O) groups excluding carboxylic acids is 1. The van der Waals surface area contributed by atoms with E-state index in [0.717, 1.165) is 0 Å². The molecule has 0 unspecified atom stereocenters. The average molecular weight is 450 g/mol. The summed E-state index contributed by atoms with van der Waals surface area (Å²) in [4.78, 5) is 13.9. The number of hydrogen-bond acceptors (Lipinski definition) is 7. The predicted octanol–water partition coefficient (Wildman–Crippen LogP) is 4.88. The summed E-state index contributed by atoms with van der Waals surface area (Å²) in [6.45, 7) is 3.83. The Bertz CT molecular complexity index is 1300. The van der Waals surface area contributed by atoms with Crippen molar-refractivity contribution in [1.29, 1.82) is 0 Å².